The lowest BCUT2D eigenvalue weighted by Gasteiger charge is -2.44. The van der Waals surface area contributed by atoms with E-state index in [2.05, 4.69) is 75.2 Å². The Hall–Kier alpha value is -3.49. The standard InChI is InChI=1S/C38H51O19P3/c1-3-5-7-9-11-13-15-16-17-19-21-23-25-27-32(40)54-30(28-52-31(39)26-24-22-20-18-14-12-10-8-6-4-2)29-53-60(50,51)57-36-33(41)34(42)37(55-58(44,45)46)38(35(36)43)56-59(47,48)49/h2,30,33-38,41-43H,3,5,7,9,11,13,15-17,19,21,23,25,27-29H2,1H3,(H,50,51)(H2,44,45,46)(H2,47,48,49)/t30-,33?,34-,35+,36?,37?,38+/m1/s1. The molecule has 1 aliphatic carbocycles. The molecule has 8 N–H and O–H groups in total. The molecular weight excluding hydrogens is 853 g/mol. The van der Waals surface area contributed by atoms with Crippen molar-refractivity contribution in [3.8, 4) is 71.5 Å². The van der Waals surface area contributed by atoms with Crippen molar-refractivity contribution in [3.63, 3.8) is 0 Å². The molecular formula is C38H51O19P3. The zero-order valence-corrected chi connectivity index (χ0v) is 35.5. The lowest BCUT2D eigenvalue weighted by molar-refractivity contribution is -0.213. The first-order chi connectivity index (χ1) is 28.3. The number of terminal acetylenes is 1. The van der Waals surface area contributed by atoms with Crippen molar-refractivity contribution in [1.82, 2.24) is 0 Å². The van der Waals surface area contributed by atoms with Crippen LogP contribution < -0.4 is 0 Å². The Morgan fingerprint density at radius 3 is 1.50 bits per heavy atom. The summed E-state index contributed by atoms with van der Waals surface area (Å²) in [6.45, 7) is 0.365. The summed E-state index contributed by atoms with van der Waals surface area (Å²) in [5.74, 6) is 22.8. The number of carbonyl (C=O) groups excluding carboxylic acids is 2. The highest BCUT2D eigenvalue weighted by Crippen LogP contribution is 2.51. The van der Waals surface area contributed by atoms with E-state index >= 15 is 0 Å². The largest absolute Gasteiger partial charge is 0.472 e. The minimum absolute atomic E-state index is 0.0794. The minimum Gasteiger partial charge on any atom is -0.456 e. The third kappa shape index (κ3) is 26.0. The fourth-order valence-electron chi connectivity index (χ4n) is 5.40. The van der Waals surface area contributed by atoms with Crippen LogP contribution in [0.1, 0.15) is 96.8 Å². The molecule has 0 aromatic rings. The van der Waals surface area contributed by atoms with E-state index in [-0.39, 0.29) is 6.42 Å². The van der Waals surface area contributed by atoms with Crippen molar-refractivity contribution < 1.29 is 90.6 Å². The van der Waals surface area contributed by atoms with Crippen LogP contribution in [0.2, 0.25) is 0 Å². The summed E-state index contributed by atoms with van der Waals surface area (Å²) in [6, 6.07) is 0. The highest BCUT2D eigenvalue weighted by molar-refractivity contribution is 7.47. The Labute approximate surface area is 349 Å². The average Bonchev–Trinajstić information content (AvgIpc) is 3.16. The molecule has 0 spiro atoms. The summed E-state index contributed by atoms with van der Waals surface area (Å²) in [7, 11) is -16.7. The van der Waals surface area contributed by atoms with Crippen molar-refractivity contribution in [2.24, 2.45) is 0 Å². The predicted molar refractivity (Wildman–Crippen MR) is 211 cm³/mol. The highest BCUT2D eigenvalue weighted by atomic mass is 31.2. The van der Waals surface area contributed by atoms with Gasteiger partial charge in [0.15, 0.2) is 6.10 Å². The number of esters is 2. The number of rotatable bonds is 26. The first kappa shape index (κ1) is 54.5. The SMILES string of the molecule is C#CC#CC#CC#CC#CC#CC(=O)OC[C@H](COP(=O)(O)OC1C(O)[C@@H](O)C(OP(=O)(O)O)[C@@H](OP(=O)(O)O)[C@H]1O)OC(=O)CCCCCCCCCCCCCCC. The number of phosphoric ester groups is 3. The second-order valence-electron chi connectivity index (χ2n) is 13.0. The van der Waals surface area contributed by atoms with Crippen molar-refractivity contribution in [2.45, 2.75) is 140 Å². The lowest BCUT2D eigenvalue weighted by Crippen LogP contribution is -2.65. The quantitative estimate of drug-likeness (QED) is 0.0203. The fraction of sp³-hybridized carbons (Fsp3) is 0.632. The van der Waals surface area contributed by atoms with Crippen molar-refractivity contribution in [2.75, 3.05) is 13.2 Å². The van der Waals surface area contributed by atoms with E-state index in [9.17, 15) is 63.1 Å². The molecule has 332 valence electrons. The van der Waals surface area contributed by atoms with Gasteiger partial charge in [-0.05, 0) is 65.6 Å². The smallest absolute Gasteiger partial charge is 0.456 e. The van der Waals surface area contributed by atoms with Crippen LogP contribution in [0.5, 0.6) is 0 Å². The van der Waals surface area contributed by atoms with Gasteiger partial charge >= 0.3 is 35.4 Å². The van der Waals surface area contributed by atoms with Crippen LogP contribution in [0.3, 0.4) is 0 Å². The van der Waals surface area contributed by atoms with Crippen LogP contribution in [0.25, 0.3) is 0 Å². The Morgan fingerprint density at radius 1 is 0.583 bits per heavy atom. The molecule has 0 aromatic heterocycles. The van der Waals surface area contributed by atoms with Gasteiger partial charge in [0.1, 0.15) is 43.2 Å². The number of ether oxygens (including phenoxy) is 2. The average molecular weight is 905 g/mol. The molecule has 1 fully saturated rings. The minimum atomic E-state index is -5.63. The molecule has 0 bridgehead atoms. The number of carbonyl (C=O) groups is 2. The normalized spacial score (nSPS) is 21.1. The molecule has 0 aliphatic heterocycles. The molecule has 4 unspecified atom stereocenters. The van der Waals surface area contributed by atoms with E-state index in [1.165, 1.54) is 44.9 Å². The maximum absolute atomic E-state index is 13.0. The number of hydrogen-bond acceptors (Lipinski definition) is 14. The molecule has 1 saturated carbocycles. The molecule has 1 aliphatic rings. The van der Waals surface area contributed by atoms with Gasteiger partial charge in [-0.2, -0.15) is 0 Å². The summed E-state index contributed by atoms with van der Waals surface area (Å²) in [4.78, 5) is 72.2. The zero-order chi connectivity index (χ0) is 45.0. The second kappa shape index (κ2) is 29.7. The van der Waals surface area contributed by atoms with E-state index in [1.807, 2.05) is 5.92 Å². The first-order valence-corrected chi connectivity index (χ1v) is 23.4. The van der Waals surface area contributed by atoms with Gasteiger partial charge < -0.3 is 49.3 Å². The molecule has 22 heteroatoms. The van der Waals surface area contributed by atoms with Gasteiger partial charge in [0.05, 0.1) is 6.61 Å². The van der Waals surface area contributed by atoms with Gasteiger partial charge in [-0.3, -0.25) is 22.9 Å². The second-order valence-corrected chi connectivity index (χ2v) is 16.8. The Bertz CT molecular complexity index is 1880. The monoisotopic (exact) mass is 904 g/mol. The maximum Gasteiger partial charge on any atom is 0.472 e. The van der Waals surface area contributed by atoms with E-state index < -0.39 is 91.3 Å². The van der Waals surface area contributed by atoms with Gasteiger partial charge in [-0.15, -0.1) is 6.42 Å². The number of aliphatic hydroxyl groups is 3. The van der Waals surface area contributed by atoms with Gasteiger partial charge in [0.2, 0.25) is 0 Å². The molecule has 60 heavy (non-hydrogen) atoms. The number of unbranched alkanes of at least 4 members (excludes halogenated alkanes) is 12. The summed E-state index contributed by atoms with van der Waals surface area (Å²) >= 11 is 0. The summed E-state index contributed by atoms with van der Waals surface area (Å²) in [6.07, 6.45) is 1.93. The van der Waals surface area contributed by atoms with Crippen LogP contribution in [0, 0.1) is 71.5 Å². The molecule has 1 rings (SSSR count). The highest BCUT2D eigenvalue weighted by Gasteiger charge is 2.56. The van der Waals surface area contributed by atoms with Crippen LogP contribution in [-0.4, -0.2) is 108 Å². The fourth-order valence-corrected chi connectivity index (χ4v) is 7.50. The first-order valence-electron chi connectivity index (χ1n) is 18.8. The van der Waals surface area contributed by atoms with E-state index in [4.69, 9.17) is 24.9 Å². The molecule has 19 nitrogen and oxygen atoms in total. The van der Waals surface area contributed by atoms with Crippen LogP contribution >= 0.6 is 23.5 Å². The topological polar surface area (TPSA) is 303 Å². The maximum atomic E-state index is 13.0. The van der Waals surface area contributed by atoms with Gasteiger partial charge in [0, 0.05) is 12.3 Å². The molecule has 0 aromatic carbocycles. The van der Waals surface area contributed by atoms with Gasteiger partial charge in [0.25, 0.3) is 0 Å². The summed E-state index contributed by atoms with van der Waals surface area (Å²) in [5.41, 5.74) is 0. The molecule has 0 amide bonds. The van der Waals surface area contributed by atoms with Crippen molar-refractivity contribution >= 4 is 35.4 Å². The van der Waals surface area contributed by atoms with Gasteiger partial charge in [-0.25, -0.2) is 18.5 Å². The van der Waals surface area contributed by atoms with Crippen molar-refractivity contribution in [3.05, 3.63) is 0 Å². The van der Waals surface area contributed by atoms with Crippen LogP contribution in [0.15, 0.2) is 0 Å². The number of hydrogen-bond donors (Lipinski definition) is 8. The summed E-state index contributed by atoms with van der Waals surface area (Å²) in [5, 5.41) is 31.6. The molecule has 0 radical (unpaired) electrons. The number of phosphoric acid groups is 3. The predicted octanol–water partition coefficient (Wildman–Crippen LogP) is 2.13. The summed E-state index contributed by atoms with van der Waals surface area (Å²) < 4.78 is 64.4. The van der Waals surface area contributed by atoms with Gasteiger partial charge in [-0.1, -0.05) is 84.0 Å². The molecule has 0 heterocycles. The molecule has 8 atom stereocenters. The Kier molecular flexibility index (Phi) is 27.0. The third-order valence-electron chi connectivity index (χ3n) is 8.14. The lowest BCUT2D eigenvalue weighted by atomic mass is 9.85. The Balaban J connectivity index is 2.94. The van der Waals surface area contributed by atoms with Crippen LogP contribution in [0.4, 0.5) is 0 Å². The molecule has 0 saturated heterocycles. The van der Waals surface area contributed by atoms with E-state index in [1.54, 1.807) is 0 Å². The van der Waals surface area contributed by atoms with Crippen LogP contribution in [-0.2, 0) is 50.9 Å². The van der Waals surface area contributed by atoms with E-state index in [0.29, 0.717) is 12.8 Å². The zero-order valence-electron chi connectivity index (χ0n) is 32.8. The Morgan fingerprint density at radius 2 is 1.02 bits per heavy atom. The third-order valence-corrected chi connectivity index (χ3v) is 10.2. The number of aliphatic hydroxyl groups excluding tert-OH is 3. The van der Waals surface area contributed by atoms with Crippen molar-refractivity contribution in [1.29, 1.82) is 0 Å². The van der Waals surface area contributed by atoms with E-state index in [0.717, 1.165) is 25.7 Å².